The monoisotopic (exact) mass is 454 g/mol. The average Bonchev–Trinajstić information content (AvgIpc) is 2.84. The van der Waals surface area contributed by atoms with Gasteiger partial charge in [-0.05, 0) is 49.2 Å². The third kappa shape index (κ3) is 5.34. The van der Waals surface area contributed by atoms with Gasteiger partial charge in [0.2, 0.25) is 5.91 Å². The fourth-order valence-corrected chi connectivity index (χ4v) is 4.83. The van der Waals surface area contributed by atoms with Gasteiger partial charge in [0.1, 0.15) is 17.5 Å². The molecule has 2 aliphatic heterocycles. The molecule has 0 bridgehead atoms. The Morgan fingerprint density at radius 1 is 0.970 bits per heavy atom. The lowest BCUT2D eigenvalue weighted by atomic mass is 9.89. The summed E-state index contributed by atoms with van der Waals surface area (Å²) < 4.78 is 10.6. The number of methoxy groups -OCH3 is 2. The van der Waals surface area contributed by atoms with Crippen molar-refractivity contribution in [3.05, 3.63) is 48.5 Å². The van der Waals surface area contributed by atoms with Crippen molar-refractivity contribution in [3.8, 4) is 11.5 Å². The highest BCUT2D eigenvalue weighted by Gasteiger charge is 2.39. The minimum absolute atomic E-state index is 0.356. The van der Waals surface area contributed by atoms with Gasteiger partial charge in [-0.2, -0.15) is 0 Å². The largest absolute Gasteiger partial charge is 0.497 e. The van der Waals surface area contributed by atoms with Gasteiger partial charge >= 0.3 is 0 Å². The Morgan fingerprint density at radius 2 is 1.67 bits per heavy atom. The fraction of sp³-hybridized carbons (Fsp3) is 0.480. The number of aliphatic hydroxyl groups is 1. The molecular formula is C25H34N4O4. The van der Waals surface area contributed by atoms with Gasteiger partial charge in [-0.3, -0.25) is 9.69 Å². The Hall–Kier alpha value is -2.97. The van der Waals surface area contributed by atoms with Crippen LogP contribution in [0.3, 0.4) is 0 Å². The number of ether oxygens (including phenoxy) is 2. The van der Waals surface area contributed by atoms with E-state index in [1.165, 1.54) is 0 Å². The van der Waals surface area contributed by atoms with Gasteiger partial charge in [-0.25, -0.2) is 0 Å². The molecule has 0 aliphatic carbocycles. The lowest BCUT2D eigenvalue weighted by Crippen LogP contribution is -2.62. The van der Waals surface area contributed by atoms with Crippen LogP contribution in [0.4, 0.5) is 11.4 Å². The number of anilines is 2. The number of primary amides is 1. The maximum atomic E-state index is 12.3. The third-order valence-corrected chi connectivity index (χ3v) is 6.87. The van der Waals surface area contributed by atoms with E-state index in [1.807, 2.05) is 42.5 Å². The molecule has 8 heteroatoms. The van der Waals surface area contributed by atoms with Crippen LogP contribution >= 0.6 is 0 Å². The molecule has 0 radical (unpaired) electrons. The Labute approximate surface area is 195 Å². The Balaban J connectivity index is 1.38. The molecule has 2 aromatic carbocycles. The van der Waals surface area contributed by atoms with E-state index >= 15 is 0 Å². The van der Waals surface area contributed by atoms with Crippen molar-refractivity contribution in [1.29, 1.82) is 0 Å². The summed E-state index contributed by atoms with van der Waals surface area (Å²) in [6.45, 7) is 3.88. The lowest BCUT2D eigenvalue weighted by Gasteiger charge is -2.46. The smallest absolute Gasteiger partial charge is 0.236 e. The second-order valence-electron chi connectivity index (χ2n) is 8.95. The number of carbonyl (C=O) groups is 1. The molecular weight excluding hydrogens is 420 g/mol. The zero-order valence-electron chi connectivity index (χ0n) is 19.4. The van der Waals surface area contributed by atoms with Crippen molar-refractivity contribution in [2.45, 2.75) is 24.5 Å². The van der Waals surface area contributed by atoms with Crippen LogP contribution in [-0.2, 0) is 4.79 Å². The summed E-state index contributed by atoms with van der Waals surface area (Å²) >= 11 is 0. The van der Waals surface area contributed by atoms with E-state index in [-0.39, 0.29) is 5.91 Å². The summed E-state index contributed by atoms with van der Waals surface area (Å²) in [6, 6.07) is 15.4. The van der Waals surface area contributed by atoms with E-state index in [0.717, 1.165) is 42.5 Å². The summed E-state index contributed by atoms with van der Waals surface area (Å²) in [5.74, 6) is 1.27. The van der Waals surface area contributed by atoms with Crippen LogP contribution in [-0.4, -0.2) is 81.0 Å². The molecule has 1 atom stereocenters. The molecule has 4 rings (SSSR count). The predicted octanol–water partition coefficient (Wildman–Crippen LogP) is 1.71. The number of piperidine rings is 1. The van der Waals surface area contributed by atoms with Crippen molar-refractivity contribution in [2.75, 3.05) is 63.3 Å². The molecule has 33 heavy (non-hydrogen) atoms. The highest BCUT2D eigenvalue weighted by atomic mass is 16.5. The van der Waals surface area contributed by atoms with Gasteiger partial charge in [-0.15, -0.1) is 0 Å². The molecule has 2 aliphatic rings. The number of hydrogen-bond donors (Lipinski definition) is 2. The van der Waals surface area contributed by atoms with Crippen molar-refractivity contribution in [2.24, 2.45) is 5.73 Å². The number of hydrogen-bond acceptors (Lipinski definition) is 7. The third-order valence-electron chi connectivity index (χ3n) is 6.87. The van der Waals surface area contributed by atoms with Crippen LogP contribution in [0.15, 0.2) is 48.5 Å². The summed E-state index contributed by atoms with van der Waals surface area (Å²) in [5.41, 5.74) is 7.08. The van der Waals surface area contributed by atoms with Crippen LogP contribution in [0, 0.1) is 0 Å². The van der Waals surface area contributed by atoms with Crippen molar-refractivity contribution >= 4 is 17.3 Å². The summed E-state index contributed by atoms with van der Waals surface area (Å²) in [6.07, 6.45) is 1.27. The maximum Gasteiger partial charge on any atom is 0.236 e. The first-order chi connectivity index (χ1) is 15.9. The molecule has 2 fully saturated rings. The van der Waals surface area contributed by atoms with E-state index in [2.05, 4.69) is 20.8 Å². The zero-order chi connectivity index (χ0) is 23.4. The SMILES string of the molecule is COc1ccc(N2CCN(CC3(O)CCN(c4cccc(OC)c4)CC3)[C@@H](C(N)=O)C2)cc1. The molecule has 3 N–H and O–H groups in total. The lowest BCUT2D eigenvalue weighted by molar-refractivity contribution is -0.125. The van der Waals surface area contributed by atoms with Gasteiger partial charge in [0, 0.05) is 56.7 Å². The van der Waals surface area contributed by atoms with E-state index in [0.29, 0.717) is 32.5 Å². The molecule has 1 amide bonds. The predicted molar refractivity (Wildman–Crippen MR) is 129 cm³/mol. The molecule has 0 unspecified atom stereocenters. The normalized spacial score (nSPS) is 21.0. The van der Waals surface area contributed by atoms with Crippen LogP contribution < -0.4 is 25.0 Å². The molecule has 2 saturated heterocycles. The number of amides is 1. The first-order valence-corrected chi connectivity index (χ1v) is 11.4. The van der Waals surface area contributed by atoms with E-state index < -0.39 is 11.6 Å². The quantitative estimate of drug-likeness (QED) is 0.658. The zero-order valence-corrected chi connectivity index (χ0v) is 19.4. The van der Waals surface area contributed by atoms with Crippen LogP contribution in [0.1, 0.15) is 12.8 Å². The number of rotatable bonds is 7. The number of benzene rings is 2. The molecule has 178 valence electrons. The maximum absolute atomic E-state index is 12.3. The Bertz CT molecular complexity index is 944. The molecule has 2 heterocycles. The molecule has 0 aromatic heterocycles. The highest BCUT2D eigenvalue weighted by molar-refractivity contribution is 5.81. The number of β-amino-alcohol motifs (C(OH)–C–C–N with tert-alkyl or cyclic N) is 1. The number of nitrogens with zero attached hydrogens (tertiary/aromatic N) is 3. The summed E-state index contributed by atoms with van der Waals surface area (Å²) in [4.78, 5) is 18.8. The van der Waals surface area contributed by atoms with Gasteiger partial charge in [0.15, 0.2) is 0 Å². The average molecular weight is 455 g/mol. The van der Waals surface area contributed by atoms with Gasteiger partial charge in [-0.1, -0.05) is 6.07 Å². The fourth-order valence-electron chi connectivity index (χ4n) is 4.83. The Morgan fingerprint density at radius 3 is 2.30 bits per heavy atom. The van der Waals surface area contributed by atoms with Crippen LogP contribution in [0.5, 0.6) is 11.5 Å². The molecule has 8 nitrogen and oxygen atoms in total. The second-order valence-corrected chi connectivity index (χ2v) is 8.95. The first kappa shape index (κ1) is 23.2. The standard InChI is InChI=1S/C25H34N4O4/c1-32-21-8-6-19(7-9-21)28-14-15-29(23(17-28)24(26)30)18-25(31)10-12-27(13-11-25)20-4-3-5-22(16-20)33-2/h3-9,16,23,31H,10-15,17-18H2,1-2H3,(H2,26,30)/t23-/m1/s1. The second kappa shape index (κ2) is 9.89. The van der Waals surface area contributed by atoms with E-state index in [4.69, 9.17) is 15.2 Å². The van der Waals surface area contributed by atoms with Gasteiger partial charge in [0.05, 0.1) is 19.8 Å². The van der Waals surface area contributed by atoms with Crippen molar-refractivity contribution in [3.63, 3.8) is 0 Å². The van der Waals surface area contributed by atoms with E-state index in [9.17, 15) is 9.90 Å². The van der Waals surface area contributed by atoms with E-state index in [1.54, 1.807) is 14.2 Å². The first-order valence-electron chi connectivity index (χ1n) is 11.4. The number of nitrogens with two attached hydrogens (primary N) is 1. The minimum atomic E-state index is -0.842. The van der Waals surface area contributed by atoms with Gasteiger partial charge < -0.3 is 30.1 Å². The summed E-state index contributed by atoms with van der Waals surface area (Å²) in [5, 5.41) is 11.4. The number of carbonyl (C=O) groups excluding carboxylic acids is 1. The highest BCUT2D eigenvalue weighted by Crippen LogP contribution is 2.30. The van der Waals surface area contributed by atoms with Crippen LogP contribution in [0.25, 0.3) is 0 Å². The Kier molecular flexibility index (Phi) is 6.95. The summed E-state index contributed by atoms with van der Waals surface area (Å²) in [7, 11) is 3.31. The molecule has 2 aromatic rings. The van der Waals surface area contributed by atoms with Crippen LogP contribution in [0.2, 0.25) is 0 Å². The number of piperazine rings is 1. The molecule has 0 saturated carbocycles. The van der Waals surface area contributed by atoms with Crippen molar-refractivity contribution < 1.29 is 19.4 Å². The molecule has 0 spiro atoms. The minimum Gasteiger partial charge on any atom is -0.497 e. The van der Waals surface area contributed by atoms with Crippen molar-refractivity contribution in [1.82, 2.24) is 4.90 Å². The van der Waals surface area contributed by atoms with Gasteiger partial charge in [0.25, 0.3) is 0 Å². The topological polar surface area (TPSA) is 91.5 Å².